The summed E-state index contributed by atoms with van der Waals surface area (Å²) in [5.41, 5.74) is 4.58. The van der Waals surface area contributed by atoms with Crippen LogP contribution in [0.3, 0.4) is 0 Å². The van der Waals surface area contributed by atoms with Crippen molar-refractivity contribution in [1.29, 1.82) is 0 Å². The number of nitrogens with zero attached hydrogens (tertiary/aromatic N) is 1. The predicted molar refractivity (Wildman–Crippen MR) is 107 cm³/mol. The topological polar surface area (TPSA) is 55.1 Å². The first-order chi connectivity index (χ1) is 12.4. The van der Waals surface area contributed by atoms with Gasteiger partial charge in [0.2, 0.25) is 0 Å². The van der Waals surface area contributed by atoms with E-state index in [1.54, 1.807) is 0 Å². The van der Waals surface area contributed by atoms with E-state index in [0.717, 1.165) is 22.2 Å². The standard InChI is InChI=1S/C21H24N2O2S/c1-13(2)15(4)22-20(24)17-9-6-8-16(11-17)12-26-21-23-19-14(3)7-5-10-18(19)25-21/h5-11,13,15H,12H2,1-4H3,(H,22,24). The number of amides is 1. The summed E-state index contributed by atoms with van der Waals surface area (Å²) in [4.78, 5) is 17.0. The molecule has 0 radical (unpaired) electrons. The highest BCUT2D eigenvalue weighted by Gasteiger charge is 2.13. The van der Waals surface area contributed by atoms with Gasteiger partial charge in [0, 0.05) is 17.4 Å². The molecule has 2 aromatic carbocycles. The summed E-state index contributed by atoms with van der Waals surface area (Å²) in [6.07, 6.45) is 0. The Bertz CT molecular complexity index is 917. The van der Waals surface area contributed by atoms with Gasteiger partial charge in [0.15, 0.2) is 5.58 Å². The van der Waals surface area contributed by atoms with E-state index < -0.39 is 0 Å². The molecular weight excluding hydrogens is 344 g/mol. The number of rotatable bonds is 6. The number of nitrogens with one attached hydrogen (secondary N) is 1. The minimum atomic E-state index is -0.0319. The second kappa shape index (κ2) is 7.96. The van der Waals surface area contributed by atoms with Gasteiger partial charge in [0.1, 0.15) is 5.52 Å². The van der Waals surface area contributed by atoms with Crippen molar-refractivity contribution in [3.8, 4) is 0 Å². The number of aromatic nitrogens is 1. The fourth-order valence-electron chi connectivity index (χ4n) is 2.53. The highest BCUT2D eigenvalue weighted by Crippen LogP contribution is 2.27. The molecule has 136 valence electrons. The molecule has 4 nitrogen and oxygen atoms in total. The number of fused-ring (bicyclic) bond motifs is 1. The molecule has 0 saturated carbocycles. The third kappa shape index (κ3) is 4.28. The van der Waals surface area contributed by atoms with E-state index in [9.17, 15) is 4.79 Å². The second-order valence-electron chi connectivity index (χ2n) is 6.90. The van der Waals surface area contributed by atoms with Crippen molar-refractivity contribution in [2.24, 2.45) is 5.92 Å². The molecule has 1 amide bonds. The average molecular weight is 369 g/mol. The van der Waals surface area contributed by atoms with Gasteiger partial charge in [-0.2, -0.15) is 0 Å². The van der Waals surface area contributed by atoms with Gasteiger partial charge in [-0.1, -0.05) is 49.9 Å². The molecule has 0 saturated heterocycles. The molecule has 3 aromatic rings. The van der Waals surface area contributed by atoms with Gasteiger partial charge in [-0.25, -0.2) is 4.98 Å². The number of hydrogen-bond donors (Lipinski definition) is 1. The molecule has 0 spiro atoms. The van der Waals surface area contributed by atoms with Crippen molar-refractivity contribution in [3.63, 3.8) is 0 Å². The van der Waals surface area contributed by atoms with Crippen molar-refractivity contribution in [2.45, 2.75) is 44.7 Å². The molecule has 1 aromatic heterocycles. The fourth-order valence-corrected chi connectivity index (χ4v) is 3.31. The lowest BCUT2D eigenvalue weighted by Crippen LogP contribution is -2.36. The zero-order valence-electron chi connectivity index (χ0n) is 15.6. The zero-order valence-corrected chi connectivity index (χ0v) is 16.4. The van der Waals surface area contributed by atoms with Crippen molar-refractivity contribution in [1.82, 2.24) is 10.3 Å². The van der Waals surface area contributed by atoms with E-state index in [-0.39, 0.29) is 11.9 Å². The Balaban J connectivity index is 1.68. The molecule has 0 bridgehead atoms. The van der Waals surface area contributed by atoms with Gasteiger partial charge in [-0.15, -0.1) is 0 Å². The van der Waals surface area contributed by atoms with Gasteiger partial charge in [-0.05, 0) is 49.1 Å². The van der Waals surface area contributed by atoms with Crippen LogP contribution >= 0.6 is 11.8 Å². The first-order valence-corrected chi connectivity index (χ1v) is 9.81. The summed E-state index contributed by atoms with van der Waals surface area (Å²) in [5, 5.41) is 3.69. The lowest BCUT2D eigenvalue weighted by atomic mass is 10.1. The Kier molecular flexibility index (Phi) is 5.67. The summed E-state index contributed by atoms with van der Waals surface area (Å²) in [7, 11) is 0. The number of hydrogen-bond acceptors (Lipinski definition) is 4. The SMILES string of the molecule is Cc1cccc2oc(SCc3cccc(C(=O)NC(C)C(C)C)c3)nc12. The molecule has 0 aliphatic carbocycles. The van der Waals surface area contributed by atoms with Gasteiger partial charge in [-0.3, -0.25) is 4.79 Å². The number of para-hydroxylation sites is 1. The maximum absolute atomic E-state index is 12.4. The first kappa shape index (κ1) is 18.5. The van der Waals surface area contributed by atoms with E-state index in [0.29, 0.717) is 22.5 Å². The molecule has 0 aliphatic rings. The average Bonchev–Trinajstić information content (AvgIpc) is 3.04. The summed E-state index contributed by atoms with van der Waals surface area (Å²) < 4.78 is 5.80. The van der Waals surface area contributed by atoms with Crippen LogP contribution in [0.2, 0.25) is 0 Å². The molecule has 1 unspecified atom stereocenters. The highest BCUT2D eigenvalue weighted by molar-refractivity contribution is 7.98. The monoisotopic (exact) mass is 368 g/mol. The van der Waals surface area contributed by atoms with E-state index in [1.165, 1.54) is 11.8 Å². The van der Waals surface area contributed by atoms with E-state index in [2.05, 4.69) is 24.1 Å². The molecule has 1 atom stereocenters. The van der Waals surface area contributed by atoms with Crippen LogP contribution in [0.1, 0.15) is 42.3 Å². The Hall–Kier alpha value is -2.27. The molecule has 5 heteroatoms. The number of oxazole rings is 1. The predicted octanol–water partition coefficient (Wildman–Crippen LogP) is 5.20. The van der Waals surface area contributed by atoms with Crippen molar-refractivity contribution in [2.75, 3.05) is 0 Å². The second-order valence-corrected chi connectivity index (χ2v) is 7.82. The van der Waals surface area contributed by atoms with E-state index >= 15 is 0 Å². The largest absolute Gasteiger partial charge is 0.431 e. The van der Waals surface area contributed by atoms with Gasteiger partial charge >= 0.3 is 0 Å². The lowest BCUT2D eigenvalue weighted by molar-refractivity contribution is 0.0930. The van der Waals surface area contributed by atoms with Gasteiger partial charge in [0.05, 0.1) is 0 Å². The van der Waals surface area contributed by atoms with Crippen molar-refractivity contribution < 1.29 is 9.21 Å². The summed E-state index contributed by atoms with van der Waals surface area (Å²) in [6.45, 7) is 8.25. The van der Waals surface area contributed by atoms with Crippen LogP contribution < -0.4 is 5.32 Å². The Morgan fingerprint density at radius 1 is 1.19 bits per heavy atom. The minimum Gasteiger partial charge on any atom is -0.431 e. The van der Waals surface area contributed by atoms with Crippen LogP contribution in [0.4, 0.5) is 0 Å². The number of aryl methyl sites for hydroxylation is 1. The Labute approximate surface area is 158 Å². The molecule has 1 N–H and O–H groups in total. The van der Waals surface area contributed by atoms with Gasteiger partial charge < -0.3 is 9.73 Å². The van der Waals surface area contributed by atoms with E-state index in [4.69, 9.17) is 4.42 Å². The Morgan fingerprint density at radius 2 is 1.96 bits per heavy atom. The lowest BCUT2D eigenvalue weighted by Gasteiger charge is -2.17. The third-order valence-electron chi connectivity index (χ3n) is 4.51. The molecule has 3 rings (SSSR count). The summed E-state index contributed by atoms with van der Waals surface area (Å²) in [5.74, 6) is 1.07. The third-order valence-corrected chi connectivity index (χ3v) is 5.41. The maximum atomic E-state index is 12.4. The summed E-state index contributed by atoms with van der Waals surface area (Å²) in [6, 6.07) is 13.8. The minimum absolute atomic E-state index is 0.0319. The van der Waals surface area contributed by atoms with Crippen LogP contribution in [0, 0.1) is 12.8 Å². The number of carbonyl (C=O) groups excluding carboxylic acids is 1. The fraction of sp³-hybridized carbons (Fsp3) is 0.333. The molecular formula is C21H24N2O2S. The maximum Gasteiger partial charge on any atom is 0.257 e. The first-order valence-electron chi connectivity index (χ1n) is 8.83. The Morgan fingerprint density at radius 3 is 2.69 bits per heavy atom. The van der Waals surface area contributed by atoms with Crippen LogP contribution in [-0.4, -0.2) is 16.9 Å². The van der Waals surface area contributed by atoms with Crippen LogP contribution in [-0.2, 0) is 5.75 Å². The molecule has 26 heavy (non-hydrogen) atoms. The van der Waals surface area contributed by atoms with Crippen LogP contribution in [0.5, 0.6) is 0 Å². The van der Waals surface area contributed by atoms with Crippen LogP contribution in [0.15, 0.2) is 52.1 Å². The summed E-state index contributed by atoms with van der Waals surface area (Å²) >= 11 is 1.54. The number of benzene rings is 2. The number of thioether (sulfide) groups is 1. The molecule has 0 aliphatic heterocycles. The smallest absolute Gasteiger partial charge is 0.257 e. The van der Waals surface area contributed by atoms with Crippen LogP contribution in [0.25, 0.3) is 11.1 Å². The number of carbonyl (C=O) groups is 1. The van der Waals surface area contributed by atoms with Gasteiger partial charge in [0.25, 0.3) is 11.1 Å². The van der Waals surface area contributed by atoms with E-state index in [1.807, 2.05) is 56.3 Å². The molecule has 0 fully saturated rings. The quantitative estimate of drug-likeness (QED) is 0.607. The van der Waals surface area contributed by atoms with Crippen molar-refractivity contribution >= 4 is 28.8 Å². The highest BCUT2D eigenvalue weighted by atomic mass is 32.2. The normalized spacial score (nSPS) is 12.5. The zero-order chi connectivity index (χ0) is 18.7. The van der Waals surface area contributed by atoms with Crippen molar-refractivity contribution in [3.05, 3.63) is 59.2 Å². The molecule has 1 heterocycles.